The third kappa shape index (κ3) is 3.21. The Balaban J connectivity index is 2.09. The smallest absolute Gasteiger partial charge is 0.257 e. The van der Waals surface area contributed by atoms with Crippen molar-refractivity contribution in [1.82, 2.24) is 4.98 Å². The maximum absolute atomic E-state index is 12.0. The number of rotatable bonds is 3. The third-order valence-corrected chi connectivity index (χ3v) is 2.98. The third-order valence-electron chi connectivity index (χ3n) is 2.98. The minimum Gasteiger partial charge on any atom is -0.322 e. The number of nitrogens with zero attached hydrogens (tertiary/aromatic N) is 2. The molecule has 1 aromatic carbocycles. The van der Waals surface area contributed by atoms with E-state index < -0.39 is 0 Å². The number of pyridine rings is 1. The van der Waals surface area contributed by atoms with Crippen LogP contribution in [0.5, 0.6) is 0 Å². The molecule has 0 bridgehead atoms. The van der Waals surface area contributed by atoms with Gasteiger partial charge in [0.1, 0.15) is 11.8 Å². The number of benzene rings is 1. The van der Waals surface area contributed by atoms with Gasteiger partial charge in [-0.2, -0.15) is 5.26 Å². The highest BCUT2D eigenvalue weighted by Crippen LogP contribution is 2.17. The van der Waals surface area contributed by atoms with Gasteiger partial charge in [-0.3, -0.25) is 4.79 Å². The Hall–Kier alpha value is -2.67. The van der Waals surface area contributed by atoms with Crippen molar-refractivity contribution in [2.24, 2.45) is 0 Å². The molecule has 4 nitrogen and oxygen atoms in total. The Morgan fingerprint density at radius 2 is 1.90 bits per heavy atom. The van der Waals surface area contributed by atoms with Crippen molar-refractivity contribution in [2.75, 3.05) is 5.32 Å². The monoisotopic (exact) mass is 265 g/mol. The highest BCUT2D eigenvalue weighted by atomic mass is 16.1. The minimum absolute atomic E-state index is 0.237. The van der Waals surface area contributed by atoms with Crippen LogP contribution in [0.25, 0.3) is 0 Å². The lowest BCUT2D eigenvalue weighted by atomic mass is 10.0. The number of aromatic nitrogens is 1. The van der Waals surface area contributed by atoms with Crippen molar-refractivity contribution in [3.8, 4) is 6.07 Å². The van der Waals surface area contributed by atoms with Gasteiger partial charge in [-0.15, -0.1) is 0 Å². The molecule has 0 aliphatic rings. The molecular weight excluding hydrogens is 250 g/mol. The number of anilines is 1. The van der Waals surface area contributed by atoms with Crippen LogP contribution in [-0.4, -0.2) is 10.9 Å². The van der Waals surface area contributed by atoms with E-state index in [2.05, 4.69) is 24.1 Å². The predicted octanol–water partition coefficient (Wildman–Crippen LogP) is 3.33. The molecule has 1 aromatic heterocycles. The van der Waals surface area contributed by atoms with E-state index in [0.717, 1.165) is 5.69 Å². The first kappa shape index (κ1) is 13.8. The Kier molecular flexibility index (Phi) is 4.11. The molecule has 0 aliphatic carbocycles. The molecule has 0 atom stereocenters. The summed E-state index contributed by atoms with van der Waals surface area (Å²) in [6.45, 7) is 4.24. The number of carbonyl (C=O) groups excluding carboxylic acids is 1. The Morgan fingerprint density at radius 1 is 1.20 bits per heavy atom. The van der Waals surface area contributed by atoms with E-state index >= 15 is 0 Å². The van der Waals surface area contributed by atoms with Crippen molar-refractivity contribution < 1.29 is 4.79 Å². The summed E-state index contributed by atoms with van der Waals surface area (Å²) in [6, 6.07) is 12.8. The molecule has 2 rings (SSSR count). The second kappa shape index (κ2) is 5.98. The second-order valence-corrected chi connectivity index (χ2v) is 4.77. The highest BCUT2D eigenvalue weighted by Gasteiger charge is 2.07. The predicted molar refractivity (Wildman–Crippen MR) is 77.4 cm³/mol. The van der Waals surface area contributed by atoms with Crippen LogP contribution in [0.3, 0.4) is 0 Å². The molecule has 0 radical (unpaired) electrons. The topological polar surface area (TPSA) is 65.8 Å². The van der Waals surface area contributed by atoms with E-state index in [1.165, 1.54) is 17.8 Å². The zero-order chi connectivity index (χ0) is 14.5. The number of hydrogen-bond donors (Lipinski definition) is 1. The Labute approximate surface area is 118 Å². The molecule has 100 valence electrons. The van der Waals surface area contributed by atoms with Gasteiger partial charge in [0.2, 0.25) is 0 Å². The van der Waals surface area contributed by atoms with E-state index in [-0.39, 0.29) is 5.91 Å². The van der Waals surface area contributed by atoms with Gasteiger partial charge in [0.15, 0.2) is 0 Å². The first-order valence-electron chi connectivity index (χ1n) is 6.37. The summed E-state index contributed by atoms with van der Waals surface area (Å²) < 4.78 is 0. The molecule has 0 saturated carbocycles. The summed E-state index contributed by atoms with van der Waals surface area (Å²) in [5, 5.41) is 11.5. The fraction of sp³-hybridized carbons (Fsp3) is 0.188. The summed E-state index contributed by atoms with van der Waals surface area (Å²) in [4.78, 5) is 15.9. The van der Waals surface area contributed by atoms with Crippen LogP contribution in [-0.2, 0) is 0 Å². The molecule has 1 amide bonds. The number of nitrogens with one attached hydrogen (secondary N) is 1. The Bertz CT molecular complexity index is 637. The van der Waals surface area contributed by atoms with Crippen LogP contribution in [0.2, 0.25) is 0 Å². The summed E-state index contributed by atoms with van der Waals surface area (Å²) in [5.74, 6) is 0.224. The van der Waals surface area contributed by atoms with Crippen LogP contribution in [0.1, 0.15) is 41.4 Å². The number of carbonyl (C=O) groups is 1. The van der Waals surface area contributed by atoms with E-state index in [0.29, 0.717) is 17.2 Å². The van der Waals surface area contributed by atoms with Crippen LogP contribution >= 0.6 is 0 Å². The normalized spacial score (nSPS) is 10.1. The van der Waals surface area contributed by atoms with Crippen LogP contribution < -0.4 is 5.32 Å². The zero-order valence-electron chi connectivity index (χ0n) is 11.4. The van der Waals surface area contributed by atoms with E-state index in [4.69, 9.17) is 5.26 Å². The molecule has 20 heavy (non-hydrogen) atoms. The summed E-state index contributed by atoms with van der Waals surface area (Å²) in [7, 11) is 0. The fourth-order valence-electron chi connectivity index (χ4n) is 1.75. The summed E-state index contributed by atoms with van der Waals surface area (Å²) in [6.07, 6.45) is 1.40. The maximum atomic E-state index is 12.0. The van der Waals surface area contributed by atoms with E-state index in [1.807, 2.05) is 30.3 Å². The molecule has 0 unspecified atom stereocenters. The van der Waals surface area contributed by atoms with Gasteiger partial charge in [0.25, 0.3) is 5.91 Å². The molecule has 0 spiro atoms. The van der Waals surface area contributed by atoms with Gasteiger partial charge in [0, 0.05) is 11.9 Å². The molecule has 1 heterocycles. The summed E-state index contributed by atoms with van der Waals surface area (Å²) in [5.41, 5.74) is 2.69. The van der Waals surface area contributed by atoms with Gasteiger partial charge in [-0.1, -0.05) is 26.0 Å². The van der Waals surface area contributed by atoms with Crippen molar-refractivity contribution in [2.45, 2.75) is 19.8 Å². The Morgan fingerprint density at radius 3 is 2.40 bits per heavy atom. The molecule has 2 aromatic rings. The number of hydrogen-bond acceptors (Lipinski definition) is 3. The van der Waals surface area contributed by atoms with Gasteiger partial charge < -0.3 is 5.32 Å². The molecule has 0 saturated heterocycles. The first-order valence-corrected chi connectivity index (χ1v) is 6.37. The largest absolute Gasteiger partial charge is 0.322 e. The molecule has 1 N–H and O–H groups in total. The second-order valence-electron chi connectivity index (χ2n) is 4.77. The highest BCUT2D eigenvalue weighted by molar-refractivity contribution is 6.04. The van der Waals surface area contributed by atoms with Gasteiger partial charge in [-0.25, -0.2) is 4.98 Å². The van der Waals surface area contributed by atoms with Crippen LogP contribution in [0.4, 0.5) is 5.69 Å². The average molecular weight is 265 g/mol. The average Bonchev–Trinajstić information content (AvgIpc) is 2.48. The lowest BCUT2D eigenvalue weighted by Crippen LogP contribution is -2.12. The van der Waals surface area contributed by atoms with Gasteiger partial charge >= 0.3 is 0 Å². The van der Waals surface area contributed by atoms with Crippen molar-refractivity contribution in [1.29, 1.82) is 5.26 Å². The van der Waals surface area contributed by atoms with Crippen molar-refractivity contribution in [3.05, 3.63) is 59.4 Å². The van der Waals surface area contributed by atoms with Gasteiger partial charge in [-0.05, 0) is 35.7 Å². The standard InChI is InChI=1S/C16H15N3O/c1-11(2)12-3-6-14(7-4-12)19-16(20)13-5-8-15(9-17)18-10-13/h3-8,10-11H,1-2H3,(H,19,20). The van der Waals surface area contributed by atoms with Crippen LogP contribution in [0, 0.1) is 11.3 Å². The van der Waals surface area contributed by atoms with Crippen molar-refractivity contribution >= 4 is 11.6 Å². The van der Waals surface area contributed by atoms with Crippen molar-refractivity contribution in [3.63, 3.8) is 0 Å². The molecule has 0 aliphatic heterocycles. The van der Waals surface area contributed by atoms with Gasteiger partial charge in [0.05, 0.1) is 5.56 Å². The van der Waals surface area contributed by atoms with E-state index in [9.17, 15) is 4.79 Å². The maximum Gasteiger partial charge on any atom is 0.257 e. The SMILES string of the molecule is CC(C)c1ccc(NC(=O)c2ccc(C#N)nc2)cc1. The van der Waals surface area contributed by atoms with Crippen LogP contribution in [0.15, 0.2) is 42.6 Å². The molecule has 4 heteroatoms. The number of amides is 1. The number of nitriles is 1. The van der Waals surface area contributed by atoms with E-state index in [1.54, 1.807) is 6.07 Å². The quantitative estimate of drug-likeness (QED) is 0.925. The minimum atomic E-state index is -0.237. The lowest BCUT2D eigenvalue weighted by Gasteiger charge is -2.08. The molecular formula is C16H15N3O. The first-order chi connectivity index (χ1) is 9.60. The lowest BCUT2D eigenvalue weighted by molar-refractivity contribution is 0.102. The fourth-order valence-corrected chi connectivity index (χ4v) is 1.75. The summed E-state index contributed by atoms with van der Waals surface area (Å²) >= 11 is 0. The zero-order valence-corrected chi connectivity index (χ0v) is 11.4. The molecule has 0 fully saturated rings.